The fraction of sp³-hybridized carbons (Fsp3) is 0.286. The van der Waals surface area contributed by atoms with Crippen LogP contribution in [0.1, 0.15) is 30.6 Å². The third-order valence-corrected chi connectivity index (χ3v) is 4.42. The van der Waals surface area contributed by atoms with E-state index in [2.05, 4.69) is 0 Å². The molecule has 0 saturated carbocycles. The van der Waals surface area contributed by atoms with Gasteiger partial charge in [0.2, 0.25) is 0 Å². The Morgan fingerprint density at radius 3 is 2.48 bits per heavy atom. The highest BCUT2D eigenvalue weighted by molar-refractivity contribution is 5.92. The number of phenols is 1. The first-order valence-electron chi connectivity index (χ1n) is 8.73. The lowest BCUT2D eigenvalue weighted by Crippen LogP contribution is -2.16. The summed E-state index contributed by atoms with van der Waals surface area (Å²) in [6.45, 7) is 2.58. The quantitative estimate of drug-likeness (QED) is 0.670. The molecular formula is C21H25ClN2O3. The van der Waals surface area contributed by atoms with Crippen LogP contribution < -0.4 is 0 Å². The van der Waals surface area contributed by atoms with Crippen molar-refractivity contribution in [3.63, 3.8) is 0 Å². The number of aromatic nitrogens is 1. The Morgan fingerprint density at radius 2 is 1.85 bits per heavy atom. The molecule has 5 nitrogen and oxygen atoms in total. The van der Waals surface area contributed by atoms with Crippen molar-refractivity contribution < 1.29 is 14.6 Å². The van der Waals surface area contributed by atoms with Gasteiger partial charge in [-0.05, 0) is 44.3 Å². The Kier molecular flexibility index (Phi) is 6.88. The predicted octanol–water partition coefficient (Wildman–Crippen LogP) is 4.97. The highest BCUT2D eigenvalue weighted by Crippen LogP contribution is 2.30. The van der Waals surface area contributed by atoms with Crippen LogP contribution in [0.3, 0.4) is 0 Å². The molecule has 1 aromatic heterocycles. The molecule has 1 N–H and O–H groups in total. The van der Waals surface area contributed by atoms with E-state index >= 15 is 0 Å². The van der Waals surface area contributed by atoms with Crippen molar-refractivity contribution in [1.29, 1.82) is 0 Å². The van der Waals surface area contributed by atoms with E-state index in [9.17, 15) is 9.90 Å². The number of halogens is 1. The average molecular weight is 389 g/mol. The number of carbonyl (C=O) groups excluding carboxylic acids is 1. The number of fused-ring (bicyclic) bond motifs is 1. The first-order valence-corrected chi connectivity index (χ1v) is 8.73. The van der Waals surface area contributed by atoms with E-state index in [0.29, 0.717) is 13.0 Å². The Labute approximate surface area is 165 Å². The van der Waals surface area contributed by atoms with Crippen LogP contribution in [0.4, 0.5) is 4.79 Å². The van der Waals surface area contributed by atoms with Crippen molar-refractivity contribution in [2.24, 2.45) is 0 Å². The molecule has 0 aliphatic heterocycles. The lowest BCUT2D eigenvalue weighted by atomic mass is 10.1. The second kappa shape index (κ2) is 8.93. The number of benzene rings is 2. The van der Waals surface area contributed by atoms with E-state index in [1.165, 1.54) is 4.57 Å². The van der Waals surface area contributed by atoms with Gasteiger partial charge in [0, 0.05) is 23.7 Å². The van der Waals surface area contributed by atoms with Crippen LogP contribution in [-0.4, -0.2) is 34.8 Å². The van der Waals surface area contributed by atoms with E-state index in [-0.39, 0.29) is 24.3 Å². The zero-order valence-corrected chi connectivity index (χ0v) is 16.6. The summed E-state index contributed by atoms with van der Waals surface area (Å²) in [7, 11) is 3.88. The summed E-state index contributed by atoms with van der Waals surface area (Å²) in [5.74, 6) is 0.230. The molecule has 0 radical (unpaired) electrons. The number of hydrogen-bond donors (Lipinski definition) is 1. The molecule has 0 spiro atoms. The number of hydrogen-bond acceptors (Lipinski definition) is 4. The highest BCUT2D eigenvalue weighted by Gasteiger charge is 2.19. The van der Waals surface area contributed by atoms with Crippen molar-refractivity contribution in [1.82, 2.24) is 9.47 Å². The number of ether oxygens (including phenoxy) is 1. The molecule has 0 aliphatic carbocycles. The zero-order valence-electron chi connectivity index (χ0n) is 15.8. The maximum atomic E-state index is 12.7. The third-order valence-electron chi connectivity index (χ3n) is 4.42. The fourth-order valence-corrected chi connectivity index (χ4v) is 3.14. The van der Waals surface area contributed by atoms with Crippen LogP contribution in [0, 0.1) is 0 Å². The van der Waals surface area contributed by atoms with Crippen LogP contribution in [0.2, 0.25) is 0 Å². The van der Waals surface area contributed by atoms with Crippen LogP contribution in [0.25, 0.3) is 10.9 Å². The van der Waals surface area contributed by atoms with Crippen LogP contribution in [-0.2, 0) is 11.3 Å². The topological polar surface area (TPSA) is 54.7 Å². The van der Waals surface area contributed by atoms with Crippen molar-refractivity contribution >= 4 is 29.4 Å². The second-order valence-corrected chi connectivity index (χ2v) is 6.61. The van der Waals surface area contributed by atoms with Gasteiger partial charge in [0.25, 0.3) is 0 Å². The molecule has 3 rings (SSSR count). The molecular weight excluding hydrogens is 364 g/mol. The van der Waals surface area contributed by atoms with E-state index in [1.54, 1.807) is 18.3 Å². The minimum absolute atomic E-state index is 0. The molecule has 6 heteroatoms. The minimum Gasteiger partial charge on any atom is -0.508 e. The molecule has 3 aromatic rings. The molecule has 144 valence electrons. The molecule has 0 saturated heterocycles. The second-order valence-electron chi connectivity index (χ2n) is 6.61. The van der Waals surface area contributed by atoms with Gasteiger partial charge in [-0.15, -0.1) is 12.4 Å². The van der Waals surface area contributed by atoms with Gasteiger partial charge in [-0.25, -0.2) is 4.79 Å². The summed E-state index contributed by atoms with van der Waals surface area (Å²) in [5, 5.41) is 11.0. The number of phenolic OH excluding ortho intramolecular Hbond substituents is 1. The molecule has 1 unspecified atom stereocenters. The van der Waals surface area contributed by atoms with Gasteiger partial charge < -0.3 is 14.7 Å². The van der Waals surface area contributed by atoms with Crippen LogP contribution >= 0.6 is 12.4 Å². The van der Waals surface area contributed by atoms with E-state index < -0.39 is 6.09 Å². The number of rotatable bonds is 5. The Morgan fingerprint density at radius 1 is 1.15 bits per heavy atom. The standard InChI is InChI=1S/C21H24N2O3.ClH/c1-4-20(15-8-6-5-7-9-15)26-21(25)23-13-12-16-17(14-22(2)3)19(24)11-10-18(16)23;/h5-13,20,24H,4,14H2,1-3H3;1H. The maximum Gasteiger partial charge on any atom is 0.419 e. The molecule has 27 heavy (non-hydrogen) atoms. The largest absolute Gasteiger partial charge is 0.508 e. The van der Waals surface area contributed by atoms with Gasteiger partial charge >= 0.3 is 6.09 Å². The minimum atomic E-state index is -0.419. The van der Waals surface area contributed by atoms with Gasteiger partial charge in [0.1, 0.15) is 11.9 Å². The number of aromatic hydroxyl groups is 1. The molecule has 0 bridgehead atoms. The molecule has 0 aliphatic rings. The SMILES string of the molecule is CCC(OC(=O)n1ccc2c(CN(C)C)c(O)ccc21)c1ccccc1.Cl. The lowest BCUT2D eigenvalue weighted by Gasteiger charge is -2.17. The number of nitrogens with zero attached hydrogens (tertiary/aromatic N) is 2. The summed E-state index contributed by atoms with van der Waals surface area (Å²) in [4.78, 5) is 14.7. The fourth-order valence-electron chi connectivity index (χ4n) is 3.14. The monoisotopic (exact) mass is 388 g/mol. The van der Waals surface area contributed by atoms with Crippen molar-refractivity contribution in [2.45, 2.75) is 26.0 Å². The number of carbonyl (C=O) groups is 1. The first-order chi connectivity index (χ1) is 12.5. The van der Waals surface area contributed by atoms with Crippen molar-refractivity contribution in [2.75, 3.05) is 14.1 Å². The third kappa shape index (κ3) is 4.43. The molecule has 1 heterocycles. The first kappa shape index (κ1) is 20.8. The smallest absolute Gasteiger partial charge is 0.419 e. The normalized spacial score (nSPS) is 12.0. The van der Waals surface area contributed by atoms with Gasteiger partial charge in [-0.2, -0.15) is 0 Å². The maximum absolute atomic E-state index is 12.7. The Bertz CT molecular complexity index is 906. The molecule has 0 amide bonds. The van der Waals surface area contributed by atoms with E-state index in [1.807, 2.05) is 62.3 Å². The Balaban J connectivity index is 0.00000261. The summed E-state index contributed by atoms with van der Waals surface area (Å²) in [6.07, 6.45) is 1.68. The Hall–Kier alpha value is -2.50. The molecule has 1 atom stereocenters. The summed E-state index contributed by atoms with van der Waals surface area (Å²) >= 11 is 0. The van der Waals surface area contributed by atoms with Crippen molar-refractivity contribution in [3.05, 3.63) is 65.9 Å². The summed E-state index contributed by atoms with van der Waals surface area (Å²) in [6, 6.07) is 15.0. The summed E-state index contributed by atoms with van der Waals surface area (Å²) in [5.41, 5.74) is 2.51. The van der Waals surface area contributed by atoms with Crippen molar-refractivity contribution in [3.8, 4) is 5.75 Å². The van der Waals surface area contributed by atoms with Crippen LogP contribution in [0.15, 0.2) is 54.7 Å². The molecule has 2 aromatic carbocycles. The van der Waals surface area contributed by atoms with Gasteiger partial charge in [-0.1, -0.05) is 37.3 Å². The highest BCUT2D eigenvalue weighted by atomic mass is 35.5. The average Bonchev–Trinajstić information content (AvgIpc) is 3.07. The lowest BCUT2D eigenvalue weighted by molar-refractivity contribution is 0.0974. The molecule has 0 fully saturated rings. The van der Waals surface area contributed by atoms with Gasteiger partial charge in [0.05, 0.1) is 5.52 Å². The van der Waals surface area contributed by atoms with E-state index in [0.717, 1.165) is 22.0 Å². The van der Waals surface area contributed by atoms with Gasteiger partial charge in [-0.3, -0.25) is 4.57 Å². The summed E-state index contributed by atoms with van der Waals surface area (Å²) < 4.78 is 7.24. The predicted molar refractivity (Wildman–Crippen MR) is 110 cm³/mol. The van der Waals surface area contributed by atoms with Gasteiger partial charge in [0.15, 0.2) is 0 Å². The van der Waals surface area contributed by atoms with E-state index in [4.69, 9.17) is 4.74 Å². The van der Waals surface area contributed by atoms with Crippen LogP contribution in [0.5, 0.6) is 5.75 Å². The zero-order chi connectivity index (χ0) is 18.7.